The summed E-state index contributed by atoms with van der Waals surface area (Å²) in [6.07, 6.45) is 4.07. The predicted octanol–water partition coefficient (Wildman–Crippen LogP) is 3.75. The van der Waals surface area contributed by atoms with E-state index >= 15 is 0 Å². The molecule has 1 saturated heterocycles. The van der Waals surface area contributed by atoms with Gasteiger partial charge in [0.2, 0.25) is 0 Å². The van der Waals surface area contributed by atoms with Crippen molar-refractivity contribution in [3.05, 3.63) is 29.3 Å². The summed E-state index contributed by atoms with van der Waals surface area (Å²) in [6.45, 7) is 4.91. The van der Waals surface area contributed by atoms with Crippen molar-refractivity contribution < 1.29 is 0 Å². The van der Waals surface area contributed by atoms with E-state index in [2.05, 4.69) is 22.3 Å². The van der Waals surface area contributed by atoms with Crippen molar-refractivity contribution in [1.82, 2.24) is 10.2 Å². The number of hydrogen-bond donors (Lipinski definition) is 1. The Kier molecular flexibility index (Phi) is 7.22. The van der Waals surface area contributed by atoms with Crippen molar-refractivity contribution in [2.75, 3.05) is 39.0 Å². The van der Waals surface area contributed by atoms with Crippen molar-refractivity contribution in [3.8, 4) is 0 Å². The van der Waals surface area contributed by atoms with Crippen LogP contribution in [-0.2, 0) is 0 Å². The first-order chi connectivity index (χ1) is 9.78. The Morgan fingerprint density at radius 3 is 2.60 bits per heavy atom. The fraction of sp³-hybridized carbons (Fsp3) is 0.625. The highest BCUT2D eigenvalue weighted by atomic mass is 35.5. The van der Waals surface area contributed by atoms with E-state index in [1.54, 1.807) is 0 Å². The van der Waals surface area contributed by atoms with Crippen LogP contribution in [0.1, 0.15) is 19.3 Å². The van der Waals surface area contributed by atoms with Gasteiger partial charge in [0, 0.05) is 22.2 Å². The summed E-state index contributed by atoms with van der Waals surface area (Å²) < 4.78 is 0. The maximum absolute atomic E-state index is 5.90. The molecule has 1 aromatic carbocycles. The molecule has 0 aromatic heterocycles. The van der Waals surface area contributed by atoms with Crippen molar-refractivity contribution >= 4 is 23.4 Å². The van der Waals surface area contributed by atoms with Crippen molar-refractivity contribution in [2.24, 2.45) is 5.92 Å². The van der Waals surface area contributed by atoms with E-state index in [4.69, 9.17) is 11.6 Å². The van der Waals surface area contributed by atoms with Gasteiger partial charge in [-0.2, -0.15) is 0 Å². The number of likely N-dealkylation sites (tertiary alicyclic amines) is 1. The molecule has 1 N–H and O–H groups in total. The van der Waals surface area contributed by atoms with Gasteiger partial charge in [0.25, 0.3) is 0 Å². The molecule has 1 fully saturated rings. The van der Waals surface area contributed by atoms with E-state index in [0.29, 0.717) is 0 Å². The van der Waals surface area contributed by atoms with Crippen LogP contribution in [0.15, 0.2) is 29.2 Å². The van der Waals surface area contributed by atoms with E-state index < -0.39 is 0 Å². The lowest BCUT2D eigenvalue weighted by Crippen LogP contribution is -2.35. The minimum atomic E-state index is 0.818. The molecule has 4 heteroatoms. The molecule has 112 valence electrons. The average molecular weight is 313 g/mol. The van der Waals surface area contributed by atoms with Crippen LogP contribution in [0.4, 0.5) is 0 Å². The monoisotopic (exact) mass is 312 g/mol. The summed E-state index contributed by atoms with van der Waals surface area (Å²) in [5.41, 5.74) is 0. The van der Waals surface area contributed by atoms with Gasteiger partial charge in [0.15, 0.2) is 0 Å². The Bertz CT molecular complexity index is 375. The molecule has 0 unspecified atom stereocenters. The Hall–Kier alpha value is -0.220. The Morgan fingerprint density at radius 2 is 1.95 bits per heavy atom. The van der Waals surface area contributed by atoms with Gasteiger partial charge in [0.1, 0.15) is 0 Å². The third-order valence-electron chi connectivity index (χ3n) is 4.00. The first kappa shape index (κ1) is 16.2. The number of piperidine rings is 1. The summed E-state index contributed by atoms with van der Waals surface area (Å²) in [5, 5.41) is 4.07. The van der Waals surface area contributed by atoms with Crippen LogP contribution in [-0.4, -0.2) is 43.9 Å². The first-order valence-electron chi connectivity index (χ1n) is 7.53. The van der Waals surface area contributed by atoms with Crippen LogP contribution in [0.5, 0.6) is 0 Å². The van der Waals surface area contributed by atoms with Gasteiger partial charge in [-0.25, -0.2) is 0 Å². The molecule has 20 heavy (non-hydrogen) atoms. The maximum Gasteiger partial charge on any atom is 0.0406 e. The second-order valence-electron chi connectivity index (χ2n) is 5.48. The third-order valence-corrected chi connectivity index (χ3v) is 5.24. The molecule has 1 heterocycles. The van der Waals surface area contributed by atoms with E-state index in [9.17, 15) is 0 Å². The number of halogens is 1. The van der Waals surface area contributed by atoms with Crippen LogP contribution in [0.3, 0.4) is 0 Å². The minimum absolute atomic E-state index is 0.818. The largest absolute Gasteiger partial charge is 0.320 e. The first-order valence-corrected chi connectivity index (χ1v) is 8.89. The van der Waals surface area contributed by atoms with Crippen LogP contribution < -0.4 is 5.32 Å². The average Bonchev–Trinajstić information content (AvgIpc) is 2.48. The highest BCUT2D eigenvalue weighted by molar-refractivity contribution is 7.99. The maximum atomic E-state index is 5.90. The lowest BCUT2D eigenvalue weighted by atomic mass is 9.94. The molecule has 1 aromatic rings. The zero-order valence-corrected chi connectivity index (χ0v) is 13.8. The Balaban J connectivity index is 1.60. The van der Waals surface area contributed by atoms with Gasteiger partial charge in [-0.05, 0) is 76.1 Å². The fourth-order valence-corrected chi connectivity index (χ4v) is 3.71. The number of hydrogen-bond acceptors (Lipinski definition) is 3. The molecule has 1 aliphatic rings. The topological polar surface area (TPSA) is 15.3 Å². The van der Waals surface area contributed by atoms with Crippen molar-refractivity contribution in [2.45, 2.75) is 24.2 Å². The molecular weight excluding hydrogens is 288 g/mol. The van der Waals surface area contributed by atoms with Gasteiger partial charge in [-0.1, -0.05) is 11.6 Å². The summed E-state index contributed by atoms with van der Waals surface area (Å²) in [7, 11) is 2.04. The predicted molar refractivity (Wildman–Crippen MR) is 89.9 cm³/mol. The molecule has 1 aliphatic heterocycles. The van der Waals surface area contributed by atoms with Crippen molar-refractivity contribution in [3.63, 3.8) is 0 Å². The molecule has 0 aliphatic carbocycles. The standard InChI is InChI=1S/C16H25ClN2S/c1-18-9-6-14-7-10-19(11-8-14)12-13-20-16-4-2-15(17)3-5-16/h2-5,14,18H,6-13H2,1H3. The molecule has 0 saturated carbocycles. The van der Waals surface area contributed by atoms with Crippen LogP contribution in [0.2, 0.25) is 5.02 Å². The molecule has 0 radical (unpaired) electrons. The van der Waals surface area contributed by atoms with Gasteiger partial charge < -0.3 is 10.2 Å². The van der Waals surface area contributed by atoms with E-state index in [1.165, 1.54) is 49.5 Å². The molecule has 2 rings (SSSR count). The number of nitrogens with zero attached hydrogens (tertiary/aromatic N) is 1. The lowest BCUT2D eigenvalue weighted by Gasteiger charge is -2.31. The van der Waals surface area contributed by atoms with Crippen LogP contribution in [0, 0.1) is 5.92 Å². The number of benzene rings is 1. The summed E-state index contributed by atoms with van der Waals surface area (Å²) >= 11 is 7.82. The second-order valence-corrected chi connectivity index (χ2v) is 7.08. The normalized spacial score (nSPS) is 17.5. The molecule has 0 bridgehead atoms. The van der Waals surface area contributed by atoms with Crippen LogP contribution in [0.25, 0.3) is 0 Å². The number of nitrogens with one attached hydrogen (secondary N) is 1. The molecular formula is C16H25ClN2S. The smallest absolute Gasteiger partial charge is 0.0406 e. The number of thioether (sulfide) groups is 1. The minimum Gasteiger partial charge on any atom is -0.320 e. The third kappa shape index (κ3) is 5.65. The van der Waals surface area contributed by atoms with Gasteiger partial charge >= 0.3 is 0 Å². The highest BCUT2D eigenvalue weighted by Gasteiger charge is 2.18. The molecule has 0 atom stereocenters. The molecule has 0 amide bonds. The lowest BCUT2D eigenvalue weighted by molar-refractivity contribution is 0.188. The van der Waals surface area contributed by atoms with E-state index in [-0.39, 0.29) is 0 Å². The van der Waals surface area contributed by atoms with Gasteiger partial charge in [-0.15, -0.1) is 11.8 Å². The van der Waals surface area contributed by atoms with E-state index in [0.717, 1.165) is 17.5 Å². The fourth-order valence-electron chi connectivity index (χ4n) is 2.67. The molecule has 2 nitrogen and oxygen atoms in total. The van der Waals surface area contributed by atoms with Gasteiger partial charge in [0.05, 0.1) is 0 Å². The highest BCUT2D eigenvalue weighted by Crippen LogP contribution is 2.23. The summed E-state index contributed by atoms with van der Waals surface area (Å²) in [6, 6.07) is 8.16. The SMILES string of the molecule is CNCCC1CCN(CCSc2ccc(Cl)cc2)CC1. The number of rotatable bonds is 7. The van der Waals surface area contributed by atoms with E-state index in [1.807, 2.05) is 30.9 Å². The summed E-state index contributed by atoms with van der Waals surface area (Å²) in [5.74, 6) is 2.10. The van der Waals surface area contributed by atoms with Crippen molar-refractivity contribution in [1.29, 1.82) is 0 Å². The zero-order valence-electron chi connectivity index (χ0n) is 12.3. The molecule has 0 spiro atoms. The summed E-state index contributed by atoms with van der Waals surface area (Å²) in [4.78, 5) is 3.93. The zero-order chi connectivity index (χ0) is 14.2. The second kappa shape index (κ2) is 8.93. The Morgan fingerprint density at radius 1 is 1.25 bits per heavy atom. The Labute approximate surface area is 132 Å². The van der Waals surface area contributed by atoms with Crippen LogP contribution >= 0.6 is 23.4 Å². The quantitative estimate of drug-likeness (QED) is 0.772. The van der Waals surface area contributed by atoms with Gasteiger partial charge in [-0.3, -0.25) is 0 Å².